The first-order valence-corrected chi connectivity index (χ1v) is 10.2. The molecule has 1 aliphatic rings. The molecule has 1 saturated carbocycles. The second kappa shape index (κ2) is 11.6. The number of benzene rings is 2. The lowest BCUT2D eigenvalue weighted by Crippen LogP contribution is -2.48. The van der Waals surface area contributed by atoms with Gasteiger partial charge in [0.05, 0.1) is 0 Å². The van der Waals surface area contributed by atoms with Crippen LogP contribution in [0.2, 0.25) is 0 Å². The highest BCUT2D eigenvalue weighted by atomic mass is 35.5. The van der Waals surface area contributed by atoms with Gasteiger partial charge in [-0.1, -0.05) is 30.3 Å². The minimum atomic E-state index is -0.748. The third-order valence-corrected chi connectivity index (χ3v) is 5.53. The van der Waals surface area contributed by atoms with Crippen LogP contribution in [0.5, 0.6) is 11.5 Å². The van der Waals surface area contributed by atoms with E-state index in [1.165, 1.54) is 0 Å². The molecule has 0 aliphatic heterocycles. The SMILES string of the molecule is Cl.NCC1CCC(C(=O)NC(Cc2cccc(Oc3ccccc3)c2)C(N)=O)CC1. The molecule has 2 aromatic rings. The molecule has 0 bridgehead atoms. The molecule has 162 valence electrons. The third-order valence-electron chi connectivity index (χ3n) is 5.53. The van der Waals surface area contributed by atoms with Gasteiger partial charge in [-0.15, -0.1) is 12.4 Å². The maximum absolute atomic E-state index is 12.6. The van der Waals surface area contributed by atoms with Crippen LogP contribution in [0.4, 0.5) is 0 Å². The van der Waals surface area contributed by atoms with Crippen molar-refractivity contribution >= 4 is 24.2 Å². The molecule has 0 heterocycles. The summed E-state index contributed by atoms with van der Waals surface area (Å²) in [6.45, 7) is 0.666. The standard InChI is InChI=1S/C23H29N3O3.ClH/c24-15-16-9-11-18(12-10-16)23(28)26-21(22(25)27)14-17-5-4-8-20(13-17)29-19-6-2-1-3-7-19;/h1-8,13,16,18,21H,9-12,14-15,24H2,(H2,25,27)(H,26,28);1H. The molecule has 6 nitrogen and oxygen atoms in total. The van der Waals surface area contributed by atoms with Crippen molar-refractivity contribution in [3.05, 3.63) is 60.2 Å². The average Bonchev–Trinajstić information content (AvgIpc) is 2.74. The van der Waals surface area contributed by atoms with Crippen molar-refractivity contribution in [3.8, 4) is 11.5 Å². The molecule has 2 aromatic carbocycles. The molecule has 1 atom stereocenters. The molecule has 1 unspecified atom stereocenters. The molecule has 0 radical (unpaired) electrons. The second-order valence-electron chi connectivity index (χ2n) is 7.68. The minimum Gasteiger partial charge on any atom is -0.457 e. The summed E-state index contributed by atoms with van der Waals surface area (Å²) in [6, 6.07) is 16.2. The van der Waals surface area contributed by atoms with E-state index in [2.05, 4.69) is 5.32 Å². The molecule has 5 N–H and O–H groups in total. The molecule has 2 amide bonds. The van der Waals surface area contributed by atoms with Crippen molar-refractivity contribution < 1.29 is 14.3 Å². The first-order chi connectivity index (χ1) is 14.0. The average molecular weight is 432 g/mol. The van der Waals surface area contributed by atoms with Crippen molar-refractivity contribution in [1.29, 1.82) is 0 Å². The van der Waals surface area contributed by atoms with Crippen molar-refractivity contribution in [1.82, 2.24) is 5.32 Å². The number of carbonyl (C=O) groups excluding carboxylic acids is 2. The number of carbonyl (C=O) groups is 2. The molecule has 30 heavy (non-hydrogen) atoms. The Morgan fingerprint density at radius 3 is 2.30 bits per heavy atom. The smallest absolute Gasteiger partial charge is 0.240 e. The number of primary amides is 1. The third kappa shape index (κ3) is 6.75. The molecule has 1 fully saturated rings. The van der Waals surface area contributed by atoms with Crippen LogP contribution < -0.4 is 21.5 Å². The van der Waals surface area contributed by atoms with Crippen LogP contribution in [-0.2, 0) is 16.0 Å². The van der Waals surface area contributed by atoms with Crippen LogP contribution in [-0.4, -0.2) is 24.4 Å². The molecular weight excluding hydrogens is 402 g/mol. The summed E-state index contributed by atoms with van der Waals surface area (Å²) < 4.78 is 5.84. The first kappa shape index (κ1) is 23.7. The number of rotatable bonds is 8. The lowest BCUT2D eigenvalue weighted by Gasteiger charge is -2.28. The molecular formula is C23H30ClN3O3. The van der Waals surface area contributed by atoms with Gasteiger partial charge >= 0.3 is 0 Å². The number of nitrogens with one attached hydrogen (secondary N) is 1. The molecule has 0 spiro atoms. The number of hydrogen-bond donors (Lipinski definition) is 3. The van der Waals surface area contributed by atoms with Gasteiger partial charge in [-0.3, -0.25) is 9.59 Å². The van der Waals surface area contributed by atoms with Gasteiger partial charge in [0.1, 0.15) is 17.5 Å². The first-order valence-electron chi connectivity index (χ1n) is 10.2. The number of nitrogens with two attached hydrogens (primary N) is 2. The summed E-state index contributed by atoms with van der Waals surface area (Å²) in [5, 5.41) is 2.85. The van der Waals surface area contributed by atoms with Gasteiger partial charge in [0.25, 0.3) is 0 Å². The minimum absolute atomic E-state index is 0. The van der Waals surface area contributed by atoms with Gasteiger partial charge in [-0.2, -0.15) is 0 Å². The van der Waals surface area contributed by atoms with E-state index in [-0.39, 0.29) is 24.2 Å². The molecule has 1 aliphatic carbocycles. The van der Waals surface area contributed by atoms with Crippen LogP contribution >= 0.6 is 12.4 Å². The molecule has 7 heteroatoms. The fraction of sp³-hybridized carbons (Fsp3) is 0.391. The van der Waals surface area contributed by atoms with Gasteiger partial charge in [0.15, 0.2) is 0 Å². The highest BCUT2D eigenvalue weighted by molar-refractivity contribution is 5.87. The van der Waals surface area contributed by atoms with Gasteiger partial charge in [-0.25, -0.2) is 0 Å². The van der Waals surface area contributed by atoms with Crippen molar-refractivity contribution in [2.24, 2.45) is 23.3 Å². The van der Waals surface area contributed by atoms with Gasteiger partial charge in [0, 0.05) is 12.3 Å². The molecule has 0 saturated heterocycles. The van der Waals surface area contributed by atoms with Crippen molar-refractivity contribution in [2.75, 3.05) is 6.54 Å². The van der Waals surface area contributed by atoms with E-state index < -0.39 is 11.9 Å². The highest BCUT2D eigenvalue weighted by Crippen LogP contribution is 2.28. The Balaban J connectivity index is 0.00000320. The monoisotopic (exact) mass is 431 g/mol. The summed E-state index contributed by atoms with van der Waals surface area (Å²) >= 11 is 0. The Bertz CT molecular complexity index is 823. The fourth-order valence-electron chi connectivity index (χ4n) is 3.77. The van der Waals surface area contributed by atoms with E-state index in [9.17, 15) is 9.59 Å². The maximum Gasteiger partial charge on any atom is 0.240 e. The number of ether oxygens (including phenoxy) is 1. The van der Waals surface area contributed by atoms with Gasteiger partial charge < -0.3 is 21.5 Å². The topological polar surface area (TPSA) is 107 Å². The van der Waals surface area contributed by atoms with E-state index in [0.717, 1.165) is 37.0 Å². The fourth-order valence-corrected chi connectivity index (χ4v) is 3.77. The quantitative estimate of drug-likeness (QED) is 0.596. The maximum atomic E-state index is 12.6. The zero-order chi connectivity index (χ0) is 20.6. The van der Waals surface area contributed by atoms with Crippen LogP contribution in [0.3, 0.4) is 0 Å². The lowest BCUT2D eigenvalue weighted by molar-refractivity contribution is -0.130. The lowest BCUT2D eigenvalue weighted by atomic mass is 9.81. The van der Waals surface area contributed by atoms with E-state index in [1.807, 2.05) is 54.6 Å². The number of hydrogen-bond acceptors (Lipinski definition) is 4. The summed E-state index contributed by atoms with van der Waals surface area (Å²) in [6.07, 6.45) is 3.84. The van der Waals surface area contributed by atoms with E-state index in [0.29, 0.717) is 24.6 Å². The van der Waals surface area contributed by atoms with Crippen molar-refractivity contribution in [2.45, 2.75) is 38.1 Å². The highest BCUT2D eigenvalue weighted by Gasteiger charge is 2.28. The Kier molecular flexibility index (Phi) is 9.15. The Hall–Kier alpha value is -2.57. The summed E-state index contributed by atoms with van der Waals surface area (Å²) in [4.78, 5) is 24.6. The van der Waals surface area contributed by atoms with Gasteiger partial charge in [-0.05, 0) is 68.0 Å². The van der Waals surface area contributed by atoms with Crippen LogP contribution in [0, 0.1) is 11.8 Å². The Labute approximate surface area is 183 Å². The molecule has 0 aromatic heterocycles. The normalized spacial score (nSPS) is 19.2. The summed E-state index contributed by atoms with van der Waals surface area (Å²) in [5.41, 5.74) is 12.2. The van der Waals surface area contributed by atoms with Crippen LogP contribution in [0.1, 0.15) is 31.2 Å². The van der Waals surface area contributed by atoms with E-state index in [4.69, 9.17) is 16.2 Å². The number of halogens is 1. The second-order valence-corrected chi connectivity index (χ2v) is 7.68. The number of para-hydroxylation sites is 1. The van der Waals surface area contributed by atoms with Crippen LogP contribution in [0.15, 0.2) is 54.6 Å². The van der Waals surface area contributed by atoms with Crippen LogP contribution in [0.25, 0.3) is 0 Å². The van der Waals surface area contributed by atoms with E-state index >= 15 is 0 Å². The summed E-state index contributed by atoms with van der Waals surface area (Å²) in [7, 11) is 0. The van der Waals surface area contributed by atoms with E-state index in [1.54, 1.807) is 0 Å². The van der Waals surface area contributed by atoms with Crippen molar-refractivity contribution in [3.63, 3.8) is 0 Å². The Morgan fingerprint density at radius 2 is 1.67 bits per heavy atom. The Morgan fingerprint density at radius 1 is 1.00 bits per heavy atom. The zero-order valence-corrected chi connectivity index (χ0v) is 17.8. The molecule has 3 rings (SSSR count). The van der Waals surface area contributed by atoms with Gasteiger partial charge in [0.2, 0.25) is 11.8 Å². The largest absolute Gasteiger partial charge is 0.457 e. The summed E-state index contributed by atoms with van der Waals surface area (Å²) in [5.74, 6) is 1.19. The predicted molar refractivity (Wildman–Crippen MR) is 120 cm³/mol. The predicted octanol–water partition coefficient (Wildman–Crippen LogP) is 3.18. The zero-order valence-electron chi connectivity index (χ0n) is 17.0. The number of amides is 2.